The molecule has 0 radical (unpaired) electrons. The minimum absolute atomic E-state index is 0.0955. The summed E-state index contributed by atoms with van der Waals surface area (Å²) in [6, 6.07) is 18.7. The Hall–Kier alpha value is -3.68. The van der Waals surface area contributed by atoms with Crippen molar-refractivity contribution in [2.45, 2.75) is 26.9 Å². The van der Waals surface area contributed by atoms with Crippen molar-refractivity contribution in [3.8, 4) is 0 Å². The summed E-state index contributed by atoms with van der Waals surface area (Å²) in [6.45, 7) is 10.6. The van der Waals surface area contributed by atoms with Gasteiger partial charge in [-0.1, -0.05) is 30.3 Å². The number of carbonyl (C=O) groups is 1. The van der Waals surface area contributed by atoms with E-state index in [2.05, 4.69) is 63.9 Å². The van der Waals surface area contributed by atoms with Gasteiger partial charge in [0.25, 0.3) is 5.91 Å². The highest BCUT2D eigenvalue weighted by Gasteiger charge is 2.24. The van der Waals surface area contributed by atoms with E-state index in [1.165, 1.54) is 16.8 Å². The molecule has 2 aromatic heterocycles. The van der Waals surface area contributed by atoms with E-state index in [1.54, 1.807) is 7.11 Å². The molecule has 0 saturated carbocycles. The first-order valence-corrected chi connectivity index (χ1v) is 13.4. The topological polar surface area (TPSA) is 62.6 Å². The van der Waals surface area contributed by atoms with Gasteiger partial charge in [-0.3, -0.25) is 14.7 Å². The summed E-state index contributed by atoms with van der Waals surface area (Å²) in [6.07, 6.45) is 3.62. The van der Waals surface area contributed by atoms with E-state index in [9.17, 15) is 4.79 Å². The number of anilines is 1. The summed E-state index contributed by atoms with van der Waals surface area (Å²) in [7, 11) is 1.73. The number of rotatable bonds is 9. The highest BCUT2D eigenvalue weighted by Crippen LogP contribution is 2.34. The van der Waals surface area contributed by atoms with Crippen molar-refractivity contribution in [3.63, 3.8) is 0 Å². The number of nitrogens with one attached hydrogen (secondary N) is 1. The molecule has 0 bridgehead atoms. The fourth-order valence-electron chi connectivity index (χ4n) is 5.27. The molecule has 7 nitrogen and oxygen atoms in total. The fourth-order valence-corrected chi connectivity index (χ4v) is 5.27. The molecular weight excluding hydrogens is 474 g/mol. The minimum Gasteiger partial charge on any atom is -0.383 e. The molecule has 1 fully saturated rings. The van der Waals surface area contributed by atoms with E-state index in [1.807, 2.05) is 41.6 Å². The number of hydrogen-bond acceptors (Lipinski definition) is 5. The smallest absolute Gasteiger partial charge is 0.254 e. The second-order valence-corrected chi connectivity index (χ2v) is 10.0. The number of ether oxygens (including phenoxy) is 1. The molecule has 7 heteroatoms. The maximum atomic E-state index is 13.7. The van der Waals surface area contributed by atoms with Gasteiger partial charge in [-0.15, -0.1) is 0 Å². The SMILES string of the molecule is COCCN1CCN(C(=O)c2cc(NCc3ccncc3)c3c(c2)c(C)c(C)n3Cc2ccccc2)CC1. The third-order valence-electron chi connectivity index (χ3n) is 7.67. The number of piperazine rings is 1. The van der Waals surface area contributed by atoms with E-state index in [0.717, 1.165) is 73.6 Å². The van der Waals surface area contributed by atoms with Crippen molar-refractivity contribution in [3.05, 3.63) is 94.9 Å². The first-order valence-electron chi connectivity index (χ1n) is 13.4. The molecule has 1 aliphatic heterocycles. The van der Waals surface area contributed by atoms with Crippen LogP contribution in [0.5, 0.6) is 0 Å². The molecule has 38 heavy (non-hydrogen) atoms. The van der Waals surface area contributed by atoms with Crippen LogP contribution in [0.3, 0.4) is 0 Å². The highest BCUT2D eigenvalue weighted by molar-refractivity contribution is 6.04. The summed E-state index contributed by atoms with van der Waals surface area (Å²) in [4.78, 5) is 22.2. The number of amides is 1. The quantitative estimate of drug-likeness (QED) is 0.352. The summed E-state index contributed by atoms with van der Waals surface area (Å²) < 4.78 is 7.60. The van der Waals surface area contributed by atoms with Gasteiger partial charge in [-0.2, -0.15) is 0 Å². The first-order chi connectivity index (χ1) is 18.5. The fraction of sp³-hybridized carbons (Fsp3) is 0.355. The largest absolute Gasteiger partial charge is 0.383 e. The predicted octanol–water partition coefficient (Wildman–Crippen LogP) is 4.72. The summed E-state index contributed by atoms with van der Waals surface area (Å²) in [5.41, 5.74) is 7.67. The third-order valence-corrected chi connectivity index (χ3v) is 7.67. The van der Waals surface area contributed by atoms with Crippen LogP contribution in [0.1, 0.15) is 32.7 Å². The van der Waals surface area contributed by atoms with Crippen molar-refractivity contribution in [1.29, 1.82) is 0 Å². The Labute approximate surface area is 225 Å². The molecule has 0 spiro atoms. The van der Waals surface area contributed by atoms with Crippen molar-refractivity contribution in [1.82, 2.24) is 19.4 Å². The monoisotopic (exact) mass is 511 g/mol. The van der Waals surface area contributed by atoms with E-state index < -0.39 is 0 Å². The van der Waals surface area contributed by atoms with E-state index >= 15 is 0 Å². The Morgan fingerprint density at radius 3 is 2.42 bits per heavy atom. The lowest BCUT2D eigenvalue weighted by atomic mass is 10.1. The number of benzene rings is 2. The maximum absolute atomic E-state index is 13.7. The Morgan fingerprint density at radius 2 is 1.71 bits per heavy atom. The number of methoxy groups -OCH3 is 1. The molecule has 1 saturated heterocycles. The van der Waals surface area contributed by atoms with Crippen molar-refractivity contribution in [2.24, 2.45) is 0 Å². The van der Waals surface area contributed by atoms with E-state index in [-0.39, 0.29) is 5.91 Å². The molecule has 5 rings (SSSR count). The standard InChI is InChI=1S/C31H37N5O2/c1-23-24(2)36(22-26-7-5-4-6-8-26)30-28(23)19-27(20-29(30)33-21-25-9-11-32-12-10-25)31(37)35-15-13-34(14-16-35)17-18-38-3/h4-12,19-20,33H,13-18,21-22H2,1-3H3. The average molecular weight is 512 g/mol. The van der Waals surface area contributed by atoms with Crippen LogP contribution in [-0.2, 0) is 17.8 Å². The third kappa shape index (κ3) is 5.59. The summed E-state index contributed by atoms with van der Waals surface area (Å²) >= 11 is 0. The lowest BCUT2D eigenvalue weighted by Gasteiger charge is -2.34. The van der Waals surface area contributed by atoms with Crippen LogP contribution < -0.4 is 5.32 Å². The Kier molecular flexibility index (Phi) is 8.05. The van der Waals surface area contributed by atoms with Gasteiger partial charge in [0.05, 0.1) is 17.8 Å². The van der Waals surface area contributed by atoms with Crippen LogP contribution in [0.4, 0.5) is 5.69 Å². The zero-order chi connectivity index (χ0) is 26.5. The van der Waals surface area contributed by atoms with Crippen molar-refractivity contribution >= 4 is 22.5 Å². The molecule has 0 unspecified atom stereocenters. The number of aromatic nitrogens is 2. The number of nitrogens with zero attached hydrogens (tertiary/aromatic N) is 4. The van der Waals surface area contributed by atoms with Gasteiger partial charge in [-0.05, 0) is 54.8 Å². The molecule has 0 atom stereocenters. The van der Waals surface area contributed by atoms with Crippen LogP contribution in [0.15, 0.2) is 67.0 Å². The van der Waals surface area contributed by atoms with Crippen LogP contribution in [0.2, 0.25) is 0 Å². The molecular formula is C31H37N5O2. The van der Waals surface area contributed by atoms with Gasteiger partial charge in [0, 0.05) is 82.0 Å². The summed E-state index contributed by atoms with van der Waals surface area (Å²) in [5.74, 6) is 0.0955. The van der Waals surface area contributed by atoms with Crippen LogP contribution in [-0.4, -0.2) is 71.7 Å². The second kappa shape index (κ2) is 11.8. The minimum atomic E-state index is 0.0955. The van der Waals surface area contributed by atoms with Gasteiger partial charge in [-0.25, -0.2) is 0 Å². The number of pyridine rings is 1. The van der Waals surface area contributed by atoms with Crippen molar-refractivity contribution in [2.75, 3.05) is 51.8 Å². The average Bonchev–Trinajstić information content (AvgIpc) is 3.20. The van der Waals surface area contributed by atoms with E-state index in [4.69, 9.17) is 4.74 Å². The Morgan fingerprint density at radius 1 is 0.974 bits per heavy atom. The molecule has 1 N–H and O–H groups in total. The number of aryl methyl sites for hydroxylation is 1. The van der Waals surface area contributed by atoms with Crippen LogP contribution in [0.25, 0.3) is 10.9 Å². The lowest BCUT2D eigenvalue weighted by molar-refractivity contribution is 0.0594. The molecule has 2 aromatic carbocycles. The molecule has 4 aromatic rings. The normalized spacial score (nSPS) is 14.2. The number of hydrogen-bond donors (Lipinski definition) is 1. The van der Waals surface area contributed by atoms with E-state index in [0.29, 0.717) is 6.54 Å². The van der Waals surface area contributed by atoms with Gasteiger partial charge in [0.1, 0.15) is 0 Å². The van der Waals surface area contributed by atoms with Crippen LogP contribution >= 0.6 is 0 Å². The second-order valence-electron chi connectivity index (χ2n) is 10.0. The zero-order valence-electron chi connectivity index (χ0n) is 22.6. The molecule has 1 aliphatic rings. The summed E-state index contributed by atoms with van der Waals surface area (Å²) in [5, 5.41) is 4.78. The first kappa shape index (κ1) is 25.9. The van der Waals surface area contributed by atoms with Crippen molar-refractivity contribution < 1.29 is 9.53 Å². The van der Waals surface area contributed by atoms with Gasteiger partial charge in [0.15, 0.2) is 0 Å². The maximum Gasteiger partial charge on any atom is 0.254 e. The Bertz CT molecular complexity index is 1380. The van der Waals surface area contributed by atoms with Gasteiger partial charge >= 0.3 is 0 Å². The van der Waals surface area contributed by atoms with Gasteiger partial charge in [0.2, 0.25) is 0 Å². The Balaban J connectivity index is 1.49. The zero-order valence-corrected chi connectivity index (χ0v) is 22.6. The molecule has 1 amide bonds. The predicted molar refractivity (Wildman–Crippen MR) is 153 cm³/mol. The van der Waals surface area contributed by atoms with Crippen LogP contribution in [0, 0.1) is 13.8 Å². The molecule has 3 heterocycles. The molecule has 198 valence electrons. The van der Waals surface area contributed by atoms with Gasteiger partial charge < -0.3 is 19.5 Å². The number of carbonyl (C=O) groups excluding carboxylic acids is 1. The molecule has 0 aliphatic carbocycles. The lowest BCUT2D eigenvalue weighted by Crippen LogP contribution is -2.49. The number of fused-ring (bicyclic) bond motifs is 1. The highest BCUT2D eigenvalue weighted by atomic mass is 16.5.